The first kappa shape index (κ1) is 76.7. The summed E-state index contributed by atoms with van der Waals surface area (Å²) in [5, 5.41) is 186. The van der Waals surface area contributed by atoms with Crippen LogP contribution in [0.3, 0.4) is 0 Å². The Hall–Kier alpha value is 4.56. The molecule has 16 bridgehead atoms. The third kappa shape index (κ3) is 16.1. The molecule has 30 heterocycles. The molecule has 0 aromatic heterocycles. The lowest BCUT2D eigenvalue weighted by molar-refractivity contribution is -0.396. The maximum Gasteiger partial charge on any atom is 0.187 e. The van der Waals surface area contributed by atoms with Gasteiger partial charge in [-0.05, 0) is 0 Å². The average Bonchev–Trinajstić information content (AvgIpc) is 0.980. The molecule has 0 amide bonds. The van der Waals surface area contributed by atoms with E-state index in [4.69, 9.17) is 75.8 Å². The first-order chi connectivity index (χ1) is 41.9. The second-order valence-corrected chi connectivity index (χ2v) is 29.3. The minimum Gasteiger partial charge on any atom is -0.387 e. The van der Waals surface area contributed by atoms with Crippen LogP contribution in [0.25, 0.3) is 0 Å². The second kappa shape index (κ2) is 34.0. The van der Waals surface area contributed by atoms with E-state index >= 15 is 0 Å². The van der Waals surface area contributed by atoms with Crippen molar-refractivity contribution in [2.24, 2.45) is 0 Å². The predicted molar refractivity (Wildman–Crippen MR) is 355 cm³/mol. The van der Waals surface area contributed by atoms with Crippen molar-refractivity contribution in [3.8, 4) is 0 Å². The summed E-state index contributed by atoms with van der Waals surface area (Å²) in [5.41, 5.74) is 0. The monoisotopic (exact) mass is 2180 g/mol. The first-order valence-electron chi connectivity index (χ1n) is 27.7. The van der Waals surface area contributed by atoms with Gasteiger partial charge >= 0.3 is 0 Å². The molecule has 0 radical (unpaired) electrons. The standard InChI is InChI=1S/C48H72I8O32/c49-1-9-33-17(57)25(65)41(73-9)82-34-10(2-50)75-43(27(67)19(34)59)84-36-12(4-52)77-45(29(69)21(36)61)86-38-14(6-54)79-47(31(71)23(38)63)88-40-16(8-56)80-48(32(72)24(40)64)87-39-15(7-55)78-46(30(70)22(39)62)85-37-13(5-53)76-44(28(68)20(37)60)83-35-11(3-51)74-42(81-33)26(66)18(35)58/h9-48,57-72H,1-8H2. The van der Waals surface area contributed by atoms with Crippen LogP contribution in [-0.4, -0.2) is 363 Å². The largest absolute Gasteiger partial charge is 0.387 e. The van der Waals surface area contributed by atoms with Gasteiger partial charge in [-0.25, -0.2) is 0 Å². The van der Waals surface area contributed by atoms with Crippen molar-refractivity contribution in [2.75, 3.05) is 35.4 Å². The Bertz CT molecular complexity index is 1730. The zero-order valence-corrected chi connectivity index (χ0v) is 62.7. The van der Waals surface area contributed by atoms with Gasteiger partial charge in [0, 0.05) is 35.4 Å². The van der Waals surface area contributed by atoms with Gasteiger partial charge in [-0.15, -0.1) is 0 Å². The topological polar surface area (TPSA) is 471 Å². The Balaban J connectivity index is 0.975. The van der Waals surface area contributed by atoms with Crippen molar-refractivity contribution in [3.63, 3.8) is 0 Å². The number of hydrogen-bond acceptors (Lipinski definition) is 32. The van der Waals surface area contributed by atoms with Gasteiger partial charge in [-0.1, -0.05) is 181 Å². The van der Waals surface area contributed by atoms with Gasteiger partial charge in [0.2, 0.25) is 0 Å². The minimum absolute atomic E-state index is 0.0536. The molecule has 30 aliphatic heterocycles. The average molecular weight is 2180 g/mol. The molecule has 40 atom stereocenters. The van der Waals surface area contributed by atoms with Crippen LogP contribution in [0.15, 0.2) is 0 Å². The van der Waals surface area contributed by atoms with E-state index < -0.39 is 246 Å². The summed E-state index contributed by atoms with van der Waals surface area (Å²) in [6.45, 7) is 0. The quantitative estimate of drug-likeness (QED) is 0.0795. The van der Waals surface area contributed by atoms with E-state index in [-0.39, 0.29) is 35.4 Å². The number of aliphatic hydroxyl groups is 16. The summed E-state index contributed by atoms with van der Waals surface area (Å²) in [5.74, 6) is 0. The minimum atomic E-state index is -1.93. The molecule has 40 heteroatoms. The van der Waals surface area contributed by atoms with Crippen molar-refractivity contribution in [3.05, 3.63) is 0 Å². The van der Waals surface area contributed by atoms with Crippen molar-refractivity contribution in [2.45, 2.75) is 246 Å². The third-order valence-electron chi connectivity index (χ3n) is 16.7. The molecule has 30 fully saturated rings. The summed E-state index contributed by atoms with van der Waals surface area (Å²) in [6.07, 6.45) is -64.9. The van der Waals surface area contributed by atoms with Gasteiger partial charge in [0.1, 0.15) is 146 Å². The molecule has 30 saturated heterocycles. The molecule has 30 aliphatic rings. The van der Waals surface area contributed by atoms with Gasteiger partial charge in [0.25, 0.3) is 0 Å². The normalized spacial score (nSPS) is 55.4. The highest BCUT2D eigenvalue weighted by molar-refractivity contribution is 14.1. The van der Waals surface area contributed by atoms with Gasteiger partial charge in [-0.2, -0.15) is 0 Å². The van der Waals surface area contributed by atoms with E-state index in [1.165, 1.54) is 0 Å². The van der Waals surface area contributed by atoms with Crippen LogP contribution < -0.4 is 0 Å². The van der Waals surface area contributed by atoms with Crippen molar-refractivity contribution >= 4 is 181 Å². The highest BCUT2D eigenvalue weighted by atomic mass is 127. The molecule has 0 spiro atoms. The fourth-order valence-electron chi connectivity index (χ4n) is 11.7. The number of rotatable bonds is 8. The fraction of sp³-hybridized carbons (Fsp3) is 1.00. The molecule has 16 N–H and O–H groups in total. The van der Waals surface area contributed by atoms with E-state index in [1.54, 1.807) is 0 Å². The van der Waals surface area contributed by atoms with Crippen LogP contribution in [-0.2, 0) is 75.8 Å². The lowest BCUT2D eigenvalue weighted by Crippen LogP contribution is -2.68. The maximum absolute atomic E-state index is 11.7. The number of aliphatic hydroxyl groups excluding tert-OH is 16. The summed E-state index contributed by atoms with van der Waals surface area (Å²) in [7, 11) is 0. The Kier molecular flexibility index (Phi) is 29.7. The lowest BCUT2D eigenvalue weighted by atomic mass is 9.95. The molecule has 0 saturated carbocycles. The number of alkyl halides is 8. The zero-order chi connectivity index (χ0) is 64.1. The van der Waals surface area contributed by atoms with E-state index in [2.05, 4.69) is 0 Å². The molecule has 0 aromatic rings. The third-order valence-corrected chi connectivity index (χ3v) is 23.6. The predicted octanol–water partition coefficient (Wildman–Crippen LogP) is -5.86. The SMILES string of the molecule is OC1C2OC(CI)C(OC3OC(CI)C(OC4OC(CI)C(OC5OC(CI)C(OC6OC(CI)C(OC7OC(CI)C(OC8OC(CI)C(OC9OC(CI)C(O2)C(O)C9O)C(O)C8O)C(O)C7O)C(O)C6O)C(O)C5O)C(O)C4O)C(O)C3O)C1O. The van der Waals surface area contributed by atoms with Gasteiger partial charge in [0.15, 0.2) is 50.3 Å². The van der Waals surface area contributed by atoms with Crippen molar-refractivity contribution in [1.29, 1.82) is 0 Å². The fourth-order valence-corrected chi connectivity index (χ4v) is 17.4. The molecule has 30 rings (SSSR count). The molecule has 40 unspecified atom stereocenters. The van der Waals surface area contributed by atoms with E-state index in [0.29, 0.717) is 0 Å². The summed E-state index contributed by atoms with van der Waals surface area (Å²) >= 11 is 15.3. The van der Waals surface area contributed by atoms with Crippen molar-refractivity contribution in [1.82, 2.24) is 0 Å². The molecule has 32 nitrogen and oxygen atoms in total. The van der Waals surface area contributed by atoms with Crippen molar-refractivity contribution < 1.29 is 157 Å². The van der Waals surface area contributed by atoms with Crippen LogP contribution in [0.5, 0.6) is 0 Å². The van der Waals surface area contributed by atoms with Crippen LogP contribution in [0.2, 0.25) is 0 Å². The molecule has 0 aliphatic carbocycles. The number of hydrogen-bond donors (Lipinski definition) is 16. The Labute approximate surface area is 611 Å². The number of halogens is 8. The Morgan fingerprint density at radius 1 is 0.148 bits per heavy atom. The van der Waals surface area contributed by atoms with Crippen LogP contribution in [0.1, 0.15) is 0 Å². The van der Waals surface area contributed by atoms with Gasteiger partial charge in [-0.3, -0.25) is 0 Å². The smallest absolute Gasteiger partial charge is 0.187 e. The van der Waals surface area contributed by atoms with Crippen LogP contribution in [0.4, 0.5) is 0 Å². The molecule has 0 aromatic carbocycles. The van der Waals surface area contributed by atoms with E-state index in [1.807, 2.05) is 181 Å². The zero-order valence-electron chi connectivity index (χ0n) is 45.5. The molecular weight excluding hydrogens is 2100 g/mol. The van der Waals surface area contributed by atoms with Gasteiger partial charge in [0.05, 0.1) is 48.8 Å². The molecular formula is C48H72I8O32. The Morgan fingerprint density at radius 3 is 0.318 bits per heavy atom. The first-order valence-corrected chi connectivity index (χ1v) is 39.9. The van der Waals surface area contributed by atoms with Crippen LogP contribution in [0, 0.1) is 0 Å². The highest BCUT2D eigenvalue weighted by Crippen LogP contribution is 2.41. The Morgan fingerprint density at radius 2 is 0.239 bits per heavy atom. The van der Waals surface area contributed by atoms with E-state index in [9.17, 15) is 81.7 Å². The highest BCUT2D eigenvalue weighted by Gasteiger charge is 2.60. The molecule has 88 heavy (non-hydrogen) atoms. The summed E-state index contributed by atoms with van der Waals surface area (Å²) in [6, 6.07) is 0. The number of ether oxygens (including phenoxy) is 16. The maximum atomic E-state index is 11.7. The summed E-state index contributed by atoms with van der Waals surface area (Å²) < 4.78 is 98.2. The summed E-state index contributed by atoms with van der Waals surface area (Å²) in [4.78, 5) is 0. The van der Waals surface area contributed by atoms with Crippen LogP contribution >= 0.6 is 181 Å². The second-order valence-electron chi connectivity index (χ2n) is 22.2. The van der Waals surface area contributed by atoms with Gasteiger partial charge < -0.3 is 157 Å². The lowest BCUT2D eigenvalue weighted by Gasteiger charge is -2.51. The van der Waals surface area contributed by atoms with E-state index in [0.717, 1.165) is 0 Å². The molecule has 512 valence electrons.